The molecule has 0 radical (unpaired) electrons. The monoisotopic (exact) mass is 532 g/mol. The standard InChI is InChI=1S/C31H33ClN2O4/c32-28-4-2-1-3-27(28)31(35)34-15-11-24(12-16-34)33-17-13-26(14-18-33)38-25-8-5-22(6-9-25)19-23-7-10-29-30(20-23)37-21-36-29/h1-10,20,24,26H,11-19,21H2. The Labute approximate surface area is 229 Å². The maximum Gasteiger partial charge on any atom is 0.255 e. The first-order valence-corrected chi connectivity index (χ1v) is 13.9. The summed E-state index contributed by atoms with van der Waals surface area (Å²) in [5.41, 5.74) is 3.05. The van der Waals surface area contributed by atoms with Crippen LogP contribution in [0.25, 0.3) is 0 Å². The van der Waals surface area contributed by atoms with Crippen LogP contribution in [0.2, 0.25) is 5.02 Å². The van der Waals surface area contributed by atoms with Crippen molar-refractivity contribution in [2.75, 3.05) is 33.0 Å². The predicted octanol–water partition coefficient (Wildman–Crippen LogP) is 5.81. The summed E-state index contributed by atoms with van der Waals surface area (Å²) >= 11 is 6.24. The van der Waals surface area contributed by atoms with E-state index in [0.29, 0.717) is 23.4 Å². The molecule has 2 fully saturated rings. The van der Waals surface area contributed by atoms with Crippen LogP contribution in [0, 0.1) is 0 Å². The van der Waals surface area contributed by atoms with Crippen LogP contribution < -0.4 is 14.2 Å². The van der Waals surface area contributed by atoms with Gasteiger partial charge in [-0.05, 0) is 79.6 Å². The fraction of sp³-hybridized carbons (Fsp3) is 0.387. The van der Waals surface area contributed by atoms with E-state index in [9.17, 15) is 4.79 Å². The van der Waals surface area contributed by atoms with Gasteiger partial charge >= 0.3 is 0 Å². The molecule has 7 heteroatoms. The molecule has 198 valence electrons. The van der Waals surface area contributed by atoms with E-state index in [-0.39, 0.29) is 12.0 Å². The number of rotatable bonds is 6. The maximum atomic E-state index is 12.9. The molecule has 6 rings (SSSR count). The fourth-order valence-corrected chi connectivity index (χ4v) is 5.98. The van der Waals surface area contributed by atoms with Crippen molar-refractivity contribution in [3.8, 4) is 17.2 Å². The molecule has 0 aromatic heterocycles. The summed E-state index contributed by atoms with van der Waals surface area (Å²) in [7, 11) is 0. The highest BCUT2D eigenvalue weighted by Gasteiger charge is 2.31. The van der Waals surface area contributed by atoms with Crippen molar-refractivity contribution in [1.82, 2.24) is 9.80 Å². The van der Waals surface area contributed by atoms with Crippen molar-refractivity contribution in [1.29, 1.82) is 0 Å². The van der Waals surface area contributed by atoms with E-state index >= 15 is 0 Å². The molecule has 0 aliphatic carbocycles. The molecule has 3 aromatic rings. The van der Waals surface area contributed by atoms with Gasteiger partial charge in [-0.25, -0.2) is 0 Å². The number of carbonyl (C=O) groups excluding carboxylic acids is 1. The van der Waals surface area contributed by atoms with Crippen LogP contribution in [0.4, 0.5) is 0 Å². The highest BCUT2D eigenvalue weighted by atomic mass is 35.5. The maximum absolute atomic E-state index is 12.9. The summed E-state index contributed by atoms with van der Waals surface area (Å²) in [4.78, 5) is 17.4. The van der Waals surface area contributed by atoms with Crippen molar-refractivity contribution < 1.29 is 19.0 Å². The van der Waals surface area contributed by atoms with E-state index < -0.39 is 0 Å². The van der Waals surface area contributed by atoms with Crippen molar-refractivity contribution >= 4 is 17.5 Å². The quantitative estimate of drug-likeness (QED) is 0.401. The molecular weight excluding hydrogens is 500 g/mol. The van der Waals surface area contributed by atoms with Crippen molar-refractivity contribution in [2.24, 2.45) is 0 Å². The van der Waals surface area contributed by atoms with E-state index in [1.165, 1.54) is 11.1 Å². The highest BCUT2D eigenvalue weighted by molar-refractivity contribution is 6.33. The van der Waals surface area contributed by atoms with Gasteiger partial charge < -0.3 is 19.1 Å². The number of hydrogen-bond acceptors (Lipinski definition) is 5. The van der Waals surface area contributed by atoms with Crippen LogP contribution in [-0.2, 0) is 6.42 Å². The second-order valence-electron chi connectivity index (χ2n) is 10.4. The number of halogens is 1. The molecule has 0 atom stereocenters. The minimum atomic E-state index is 0.0445. The Morgan fingerprint density at radius 3 is 2.32 bits per heavy atom. The summed E-state index contributed by atoms with van der Waals surface area (Å²) < 4.78 is 17.2. The second-order valence-corrected chi connectivity index (χ2v) is 10.8. The smallest absolute Gasteiger partial charge is 0.255 e. The number of nitrogens with zero attached hydrogens (tertiary/aromatic N) is 2. The number of ether oxygens (including phenoxy) is 3. The number of piperidine rings is 2. The largest absolute Gasteiger partial charge is 0.490 e. The minimum Gasteiger partial charge on any atom is -0.490 e. The molecule has 0 spiro atoms. The third kappa shape index (κ3) is 5.62. The summed E-state index contributed by atoms with van der Waals surface area (Å²) in [5.74, 6) is 2.62. The lowest BCUT2D eigenvalue weighted by Gasteiger charge is -2.41. The summed E-state index contributed by atoms with van der Waals surface area (Å²) in [6.07, 6.45) is 5.15. The molecule has 3 heterocycles. The van der Waals surface area contributed by atoms with Gasteiger partial charge in [0.05, 0.1) is 10.6 Å². The van der Waals surface area contributed by atoms with Crippen LogP contribution in [0.3, 0.4) is 0 Å². The SMILES string of the molecule is O=C(c1ccccc1Cl)N1CCC(N2CCC(Oc3ccc(Cc4ccc5c(c4)OCO5)cc3)CC2)CC1. The van der Waals surface area contributed by atoms with Crippen molar-refractivity contribution in [3.05, 3.63) is 88.4 Å². The fourth-order valence-electron chi connectivity index (χ4n) is 5.76. The molecule has 2 saturated heterocycles. The highest BCUT2D eigenvalue weighted by Crippen LogP contribution is 2.33. The molecule has 1 amide bonds. The van der Waals surface area contributed by atoms with Gasteiger partial charge in [0.1, 0.15) is 11.9 Å². The van der Waals surface area contributed by atoms with E-state index in [1.54, 1.807) is 6.07 Å². The van der Waals surface area contributed by atoms with Gasteiger partial charge in [0.2, 0.25) is 6.79 Å². The van der Waals surface area contributed by atoms with Gasteiger partial charge in [-0.3, -0.25) is 9.69 Å². The van der Waals surface area contributed by atoms with Gasteiger partial charge in [0, 0.05) is 32.2 Å². The molecule has 38 heavy (non-hydrogen) atoms. The van der Waals surface area contributed by atoms with Gasteiger partial charge in [0.25, 0.3) is 5.91 Å². The van der Waals surface area contributed by atoms with Crippen LogP contribution in [0.5, 0.6) is 17.2 Å². The summed E-state index contributed by atoms with van der Waals surface area (Å²) in [6.45, 7) is 3.94. The third-order valence-electron chi connectivity index (χ3n) is 7.92. The van der Waals surface area contributed by atoms with E-state index in [0.717, 1.165) is 75.5 Å². The van der Waals surface area contributed by atoms with E-state index in [4.69, 9.17) is 25.8 Å². The average molecular weight is 533 g/mol. The molecule has 6 nitrogen and oxygen atoms in total. The molecule has 0 unspecified atom stereocenters. The van der Waals surface area contributed by atoms with Gasteiger partial charge in [0.15, 0.2) is 11.5 Å². The first kappa shape index (κ1) is 25.1. The van der Waals surface area contributed by atoms with Crippen LogP contribution >= 0.6 is 11.6 Å². The zero-order chi connectivity index (χ0) is 25.9. The van der Waals surface area contributed by atoms with Gasteiger partial charge in [-0.2, -0.15) is 0 Å². The van der Waals surface area contributed by atoms with Crippen molar-refractivity contribution in [3.63, 3.8) is 0 Å². The Morgan fingerprint density at radius 1 is 0.842 bits per heavy atom. The lowest BCUT2D eigenvalue weighted by atomic mass is 9.98. The molecule has 3 aromatic carbocycles. The molecule has 3 aliphatic rings. The normalized spacial score (nSPS) is 18.5. The molecule has 0 bridgehead atoms. The Hall–Kier alpha value is -3.22. The number of amides is 1. The second kappa shape index (κ2) is 11.3. The topological polar surface area (TPSA) is 51.2 Å². The molecule has 0 N–H and O–H groups in total. The third-order valence-corrected chi connectivity index (χ3v) is 8.25. The Morgan fingerprint density at radius 2 is 1.55 bits per heavy atom. The first-order chi connectivity index (χ1) is 18.6. The lowest BCUT2D eigenvalue weighted by Crippen LogP contribution is -2.50. The number of carbonyl (C=O) groups is 1. The number of fused-ring (bicyclic) bond motifs is 1. The lowest BCUT2D eigenvalue weighted by molar-refractivity contribution is 0.0425. The Bertz CT molecular complexity index is 1270. The Balaban J connectivity index is 0.950. The van der Waals surface area contributed by atoms with Gasteiger partial charge in [-0.15, -0.1) is 0 Å². The van der Waals surface area contributed by atoms with Crippen LogP contribution in [0.1, 0.15) is 47.2 Å². The molecule has 3 aliphatic heterocycles. The number of likely N-dealkylation sites (tertiary alicyclic amines) is 2. The first-order valence-electron chi connectivity index (χ1n) is 13.5. The average Bonchev–Trinajstić information content (AvgIpc) is 3.43. The number of hydrogen-bond donors (Lipinski definition) is 0. The summed E-state index contributed by atoms with van der Waals surface area (Å²) in [6, 6.07) is 22.4. The van der Waals surface area contributed by atoms with Crippen LogP contribution in [0.15, 0.2) is 66.7 Å². The van der Waals surface area contributed by atoms with Crippen molar-refractivity contribution in [2.45, 2.75) is 44.2 Å². The molecule has 0 saturated carbocycles. The molecular formula is C31H33ClN2O4. The van der Waals surface area contributed by atoms with E-state index in [2.05, 4.69) is 41.3 Å². The number of benzene rings is 3. The van der Waals surface area contributed by atoms with Gasteiger partial charge in [-0.1, -0.05) is 41.9 Å². The van der Waals surface area contributed by atoms with Crippen LogP contribution in [-0.4, -0.2) is 60.8 Å². The zero-order valence-corrected chi connectivity index (χ0v) is 22.2. The summed E-state index contributed by atoms with van der Waals surface area (Å²) in [5, 5.41) is 0.529. The predicted molar refractivity (Wildman–Crippen MR) is 147 cm³/mol. The zero-order valence-electron chi connectivity index (χ0n) is 21.5. The van der Waals surface area contributed by atoms with E-state index in [1.807, 2.05) is 29.2 Å². The minimum absolute atomic E-state index is 0.0445. The Kier molecular flexibility index (Phi) is 7.43.